The molecule has 1 heterocycles. The zero-order chi connectivity index (χ0) is 13.2. The summed E-state index contributed by atoms with van der Waals surface area (Å²) < 4.78 is 0. The fourth-order valence-corrected chi connectivity index (χ4v) is 2.08. The lowest BCUT2D eigenvalue weighted by molar-refractivity contribution is -0.124. The number of aliphatic hydroxyl groups is 1. The van der Waals surface area contributed by atoms with Crippen LogP contribution in [0, 0.1) is 0 Å². The Morgan fingerprint density at radius 3 is 2.89 bits per heavy atom. The Kier molecular flexibility index (Phi) is 3.57. The van der Waals surface area contributed by atoms with Crippen LogP contribution in [0.15, 0.2) is 24.3 Å². The summed E-state index contributed by atoms with van der Waals surface area (Å²) in [6, 6.07) is 7.70. The number of hydrogen-bond donors (Lipinski definition) is 3. The Bertz CT molecular complexity index is 416. The van der Waals surface area contributed by atoms with E-state index in [-0.39, 0.29) is 18.6 Å². The van der Waals surface area contributed by atoms with E-state index in [2.05, 4.69) is 10.6 Å². The third-order valence-corrected chi connectivity index (χ3v) is 3.64. The first-order valence-corrected chi connectivity index (χ1v) is 6.35. The van der Waals surface area contributed by atoms with Gasteiger partial charge in [0, 0.05) is 12.1 Å². The minimum absolute atomic E-state index is 0.0467. The summed E-state index contributed by atoms with van der Waals surface area (Å²) in [5, 5.41) is 15.4. The Balaban J connectivity index is 2.01. The number of benzene rings is 1. The van der Waals surface area contributed by atoms with Crippen LogP contribution >= 0.6 is 0 Å². The molecule has 2 unspecified atom stereocenters. The molecule has 2 atom stereocenters. The number of anilines is 1. The molecule has 0 bridgehead atoms. The van der Waals surface area contributed by atoms with Gasteiger partial charge in [-0.3, -0.25) is 4.79 Å². The SMILES string of the molecule is CCC(C)(CO)NC(=O)C1Cc2ccccc2N1. The first-order valence-electron chi connectivity index (χ1n) is 6.35. The van der Waals surface area contributed by atoms with Crippen molar-refractivity contribution in [1.82, 2.24) is 5.32 Å². The van der Waals surface area contributed by atoms with Gasteiger partial charge in [-0.05, 0) is 25.0 Å². The molecular weight excluding hydrogens is 228 g/mol. The molecule has 0 saturated heterocycles. The van der Waals surface area contributed by atoms with E-state index in [1.165, 1.54) is 5.56 Å². The highest BCUT2D eigenvalue weighted by atomic mass is 16.3. The molecule has 4 heteroatoms. The predicted molar refractivity (Wildman–Crippen MR) is 71.5 cm³/mol. The monoisotopic (exact) mass is 248 g/mol. The van der Waals surface area contributed by atoms with E-state index in [9.17, 15) is 9.90 Å². The van der Waals surface area contributed by atoms with Crippen molar-refractivity contribution in [1.29, 1.82) is 0 Å². The van der Waals surface area contributed by atoms with Gasteiger partial charge in [0.1, 0.15) is 6.04 Å². The highest BCUT2D eigenvalue weighted by Crippen LogP contribution is 2.25. The van der Waals surface area contributed by atoms with Gasteiger partial charge in [0.25, 0.3) is 0 Å². The molecule has 0 aromatic heterocycles. The lowest BCUT2D eigenvalue weighted by Crippen LogP contribution is -2.53. The topological polar surface area (TPSA) is 61.4 Å². The van der Waals surface area contributed by atoms with Crippen molar-refractivity contribution in [2.24, 2.45) is 0 Å². The molecule has 98 valence electrons. The largest absolute Gasteiger partial charge is 0.394 e. The van der Waals surface area contributed by atoms with Gasteiger partial charge in [0.15, 0.2) is 0 Å². The first-order chi connectivity index (χ1) is 8.58. The van der Waals surface area contributed by atoms with Crippen LogP contribution < -0.4 is 10.6 Å². The van der Waals surface area contributed by atoms with Crippen molar-refractivity contribution in [2.75, 3.05) is 11.9 Å². The summed E-state index contributed by atoms with van der Waals surface area (Å²) in [5.74, 6) is -0.0513. The zero-order valence-electron chi connectivity index (χ0n) is 10.9. The second kappa shape index (κ2) is 4.98. The average molecular weight is 248 g/mol. The van der Waals surface area contributed by atoms with Gasteiger partial charge in [0.2, 0.25) is 5.91 Å². The fourth-order valence-electron chi connectivity index (χ4n) is 2.08. The molecule has 1 aromatic carbocycles. The van der Waals surface area contributed by atoms with Crippen LogP contribution in [0.4, 0.5) is 5.69 Å². The molecule has 4 nitrogen and oxygen atoms in total. The highest BCUT2D eigenvalue weighted by molar-refractivity contribution is 5.87. The molecule has 18 heavy (non-hydrogen) atoms. The van der Waals surface area contributed by atoms with Crippen molar-refractivity contribution in [2.45, 2.75) is 38.3 Å². The molecule has 0 fully saturated rings. The van der Waals surface area contributed by atoms with Gasteiger partial charge >= 0.3 is 0 Å². The van der Waals surface area contributed by atoms with Crippen LogP contribution in [0.5, 0.6) is 0 Å². The van der Waals surface area contributed by atoms with E-state index in [1.807, 2.05) is 38.1 Å². The van der Waals surface area contributed by atoms with Gasteiger partial charge in [-0.25, -0.2) is 0 Å². The number of aliphatic hydroxyl groups excluding tert-OH is 1. The van der Waals surface area contributed by atoms with E-state index in [4.69, 9.17) is 0 Å². The van der Waals surface area contributed by atoms with Gasteiger partial charge in [-0.2, -0.15) is 0 Å². The average Bonchev–Trinajstić information content (AvgIpc) is 2.82. The Morgan fingerprint density at radius 1 is 1.56 bits per heavy atom. The molecule has 1 amide bonds. The number of amides is 1. The van der Waals surface area contributed by atoms with E-state index in [1.54, 1.807) is 0 Å². The summed E-state index contributed by atoms with van der Waals surface area (Å²) >= 11 is 0. The Hall–Kier alpha value is -1.55. The molecule has 0 spiro atoms. The van der Waals surface area contributed by atoms with Crippen molar-refractivity contribution in [3.05, 3.63) is 29.8 Å². The number of nitrogens with one attached hydrogen (secondary N) is 2. The number of carbonyl (C=O) groups is 1. The van der Waals surface area contributed by atoms with E-state index in [0.717, 1.165) is 5.69 Å². The Labute approximate surface area is 107 Å². The normalized spacial score (nSPS) is 20.7. The van der Waals surface area contributed by atoms with Crippen molar-refractivity contribution < 1.29 is 9.90 Å². The maximum absolute atomic E-state index is 12.2. The summed E-state index contributed by atoms with van der Waals surface area (Å²) in [7, 11) is 0. The zero-order valence-corrected chi connectivity index (χ0v) is 10.9. The van der Waals surface area contributed by atoms with E-state index in [0.29, 0.717) is 12.8 Å². The first kappa shape index (κ1) is 12.9. The molecule has 0 aliphatic carbocycles. The maximum atomic E-state index is 12.2. The summed E-state index contributed by atoms with van der Waals surface area (Å²) in [5.41, 5.74) is 1.66. The predicted octanol–water partition coefficient (Wildman–Crippen LogP) is 1.30. The second-order valence-corrected chi connectivity index (χ2v) is 5.12. The standard InChI is InChI=1S/C14H20N2O2/c1-3-14(2,9-17)16-13(18)12-8-10-6-4-5-7-11(10)15-12/h4-7,12,15,17H,3,8-9H2,1-2H3,(H,16,18). The molecule has 1 aliphatic heterocycles. The van der Waals surface area contributed by atoms with Gasteiger partial charge in [0.05, 0.1) is 12.1 Å². The van der Waals surface area contributed by atoms with E-state index < -0.39 is 5.54 Å². The van der Waals surface area contributed by atoms with Crippen LogP contribution in [-0.2, 0) is 11.2 Å². The molecule has 0 radical (unpaired) electrons. The number of carbonyl (C=O) groups excluding carboxylic acids is 1. The van der Waals surface area contributed by atoms with Crippen LogP contribution in [0.25, 0.3) is 0 Å². The van der Waals surface area contributed by atoms with Crippen LogP contribution in [0.2, 0.25) is 0 Å². The lowest BCUT2D eigenvalue weighted by Gasteiger charge is -2.28. The fraction of sp³-hybridized carbons (Fsp3) is 0.500. The van der Waals surface area contributed by atoms with Crippen LogP contribution in [0.1, 0.15) is 25.8 Å². The van der Waals surface area contributed by atoms with E-state index >= 15 is 0 Å². The minimum atomic E-state index is -0.534. The summed E-state index contributed by atoms with van der Waals surface area (Å²) in [6.07, 6.45) is 1.40. The van der Waals surface area contributed by atoms with Gasteiger partial charge in [-0.1, -0.05) is 25.1 Å². The smallest absolute Gasteiger partial charge is 0.243 e. The molecule has 1 aromatic rings. The van der Waals surface area contributed by atoms with Crippen molar-refractivity contribution in [3.8, 4) is 0 Å². The number of hydrogen-bond acceptors (Lipinski definition) is 3. The van der Waals surface area contributed by atoms with Crippen molar-refractivity contribution in [3.63, 3.8) is 0 Å². The number of para-hydroxylation sites is 1. The third-order valence-electron chi connectivity index (χ3n) is 3.64. The van der Waals surface area contributed by atoms with Gasteiger partial charge < -0.3 is 15.7 Å². The summed E-state index contributed by atoms with van der Waals surface area (Å²) in [6.45, 7) is 3.76. The quantitative estimate of drug-likeness (QED) is 0.752. The Morgan fingerprint density at radius 2 is 2.28 bits per heavy atom. The second-order valence-electron chi connectivity index (χ2n) is 5.12. The van der Waals surface area contributed by atoms with Crippen LogP contribution in [-0.4, -0.2) is 29.2 Å². The molecule has 0 saturated carbocycles. The molecule has 2 rings (SSSR count). The number of rotatable bonds is 4. The lowest BCUT2D eigenvalue weighted by atomic mass is 9.99. The molecular formula is C14H20N2O2. The van der Waals surface area contributed by atoms with Crippen LogP contribution in [0.3, 0.4) is 0 Å². The molecule has 3 N–H and O–H groups in total. The third kappa shape index (κ3) is 2.48. The van der Waals surface area contributed by atoms with Crippen molar-refractivity contribution >= 4 is 11.6 Å². The van der Waals surface area contributed by atoms with Gasteiger partial charge in [-0.15, -0.1) is 0 Å². The number of fused-ring (bicyclic) bond motifs is 1. The maximum Gasteiger partial charge on any atom is 0.243 e. The molecule has 1 aliphatic rings. The highest BCUT2D eigenvalue weighted by Gasteiger charge is 2.31. The summed E-state index contributed by atoms with van der Waals surface area (Å²) in [4.78, 5) is 12.2. The minimum Gasteiger partial charge on any atom is -0.394 e.